The van der Waals surface area contributed by atoms with E-state index in [-0.39, 0.29) is 23.5 Å². The van der Waals surface area contributed by atoms with E-state index in [9.17, 15) is 9.18 Å². The number of ether oxygens (including phenoxy) is 1. The van der Waals surface area contributed by atoms with Gasteiger partial charge >= 0.3 is 0 Å². The Hall–Kier alpha value is -3.24. The maximum atomic E-state index is 13.2. The Balaban J connectivity index is 1.41. The van der Waals surface area contributed by atoms with Gasteiger partial charge in [0.2, 0.25) is 5.91 Å². The third kappa shape index (κ3) is 6.07. The summed E-state index contributed by atoms with van der Waals surface area (Å²) in [6, 6.07) is 15.8. The molecule has 1 N–H and O–H groups in total. The van der Waals surface area contributed by atoms with E-state index in [0.717, 1.165) is 16.1 Å². The van der Waals surface area contributed by atoms with Crippen LogP contribution in [0.1, 0.15) is 43.6 Å². The van der Waals surface area contributed by atoms with Crippen molar-refractivity contribution in [2.75, 3.05) is 11.1 Å². The van der Waals surface area contributed by atoms with Gasteiger partial charge in [-0.05, 0) is 52.0 Å². The smallest absolute Gasteiger partial charge is 0.236 e. The number of hydrogen-bond donors (Lipinski definition) is 1. The summed E-state index contributed by atoms with van der Waals surface area (Å²) in [5.74, 6) is 0.849. The molecule has 2 aromatic heterocycles. The molecule has 0 spiro atoms. The first-order valence-electron chi connectivity index (χ1n) is 11.1. The quantitative estimate of drug-likeness (QED) is 0.266. The molecule has 0 radical (unpaired) electrons. The Morgan fingerprint density at radius 3 is 2.51 bits per heavy atom. The van der Waals surface area contributed by atoms with E-state index in [2.05, 4.69) is 20.5 Å². The zero-order valence-corrected chi connectivity index (χ0v) is 21.5. The first-order valence-corrected chi connectivity index (χ1v) is 12.9. The van der Waals surface area contributed by atoms with Crippen molar-refractivity contribution in [1.29, 1.82) is 0 Å². The van der Waals surface area contributed by atoms with Crippen LogP contribution >= 0.6 is 23.1 Å². The number of anilines is 1. The summed E-state index contributed by atoms with van der Waals surface area (Å²) in [4.78, 5) is 18.3. The van der Waals surface area contributed by atoms with Crippen LogP contribution in [0.5, 0.6) is 5.75 Å². The van der Waals surface area contributed by atoms with Crippen LogP contribution in [-0.4, -0.2) is 31.4 Å². The van der Waals surface area contributed by atoms with Crippen LogP contribution < -0.4 is 10.1 Å². The van der Waals surface area contributed by atoms with Crippen LogP contribution in [-0.2, 0) is 4.79 Å². The van der Waals surface area contributed by atoms with E-state index < -0.39 is 6.10 Å². The molecule has 0 aliphatic rings. The highest BCUT2D eigenvalue weighted by atomic mass is 32.2. The minimum absolute atomic E-state index is 0.0554. The van der Waals surface area contributed by atoms with Gasteiger partial charge in [0.15, 0.2) is 22.2 Å². The van der Waals surface area contributed by atoms with Gasteiger partial charge in [-0.2, -0.15) is 0 Å². The number of nitrogens with one attached hydrogen (secondary N) is 1. The van der Waals surface area contributed by atoms with Crippen molar-refractivity contribution < 1.29 is 13.9 Å². The van der Waals surface area contributed by atoms with Gasteiger partial charge in [0.1, 0.15) is 11.6 Å². The van der Waals surface area contributed by atoms with E-state index in [1.165, 1.54) is 35.2 Å². The molecular weight excluding hydrogens is 485 g/mol. The summed E-state index contributed by atoms with van der Waals surface area (Å²) in [7, 11) is 0. The lowest BCUT2D eigenvalue weighted by Gasteiger charge is -2.18. The van der Waals surface area contributed by atoms with Gasteiger partial charge in [-0.3, -0.25) is 4.79 Å². The predicted octanol–water partition coefficient (Wildman–Crippen LogP) is 6.30. The highest BCUT2D eigenvalue weighted by Gasteiger charge is 2.22. The molecule has 0 fully saturated rings. The van der Waals surface area contributed by atoms with Crippen molar-refractivity contribution in [2.45, 2.75) is 45.0 Å². The molecule has 35 heavy (non-hydrogen) atoms. The maximum Gasteiger partial charge on any atom is 0.236 e. The summed E-state index contributed by atoms with van der Waals surface area (Å²) < 4.78 is 21.1. The zero-order valence-electron chi connectivity index (χ0n) is 19.9. The Kier molecular flexibility index (Phi) is 7.82. The molecule has 7 nitrogen and oxygen atoms in total. The lowest BCUT2D eigenvalue weighted by Crippen LogP contribution is -2.16. The van der Waals surface area contributed by atoms with Crippen LogP contribution in [0.15, 0.2) is 59.8 Å². The molecule has 2 aromatic carbocycles. The summed E-state index contributed by atoms with van der Waals surface area (Å²) >= 11 is 2.76. The summed E-state index contributed by atoms with van der Waals surface area (Å²) in [6.07, 6.45) is -0.409. The number of hydrogen-bond acceptors (Lipinski definition) is 7. The molecule has 0 aliphatic heterocycles. The first kappa shape index (κ1) is 24.9. The molecule has 0 aliphatic carbocycles. The van der Waals surface area contributed by atoms with Gasteiger partial charge in [-0.25, -0.2) is 9.37 Å². The first-order chi connectivity index (χ1) is 16.8. The van der Waals surface area contributed by atoms with E-state index in [4.69, 9.17) is 4.74 Å². The molecule has 4 rings (SSSR count). The SMILES string of the molecule is Cc1sc(NC(=O)CSc2nnc(C(C)Oc3ccc(F)cc3)n2C(C)C)nc1-c1ccccc1. The fraction of sp³-hybridized carbons (Fsp3) is 0.280. The fourth-order valence-corrected chi connectivity index (χ4v) is 5.24. The number of benzene rings is 2. The van der Waals surface area contributed by atoms with E-state index in [1.807, 2.05) is 62.6 Å². The Bertz CT molecular complexity index is 1290. The van der Waals surface area contributed by atoms with Crippen LogP contribution in [0.3, 0.4) is 0 Å². The number of amides is 1. The molecular formula is C25H26FN5O2S2. The van der Waals surface area contributed by atoms with Crippen LogP contribution in [0, 0.1) is 12.7 Å². The minimum atomic E-state index is -0.409. The molecule has 0 bridgehead atoms. The highest BCUT2D eigenvalue weighted by Crippen LogP contribution is 2.31. The van der Waals surface area contributed by atoms with Crippen molar-refractivity contribution in [3.8, 4) is 17.0 Å². The maximum absolute atomic E-state index is 13.2. The molecule has 4 aromatic rings. The number of halogens is 1. The van der Waals surface area contributed by atoms with Gasteiger partial charge in [-0.1, -0.05) is 42.1 Å². The largest absolute Gasteiger partial charge is 0.483 e. The van der Waals surface area contributed by atoms with E-state index >= 15 is 0 Å². The third-order valence-electron chi connectivity index (χ3n) is 5.12. The van der Waals surface area contributed by atoms with Gasteiger partial charge in [0.25, 0.3) is 0 Å². The number of nitrogens with zero attached hydrogens (tertiary/aromatic N) is 4. The van der Waals surface area contributed by atoms with Crippen molar-refractivity contribution in [3.63, 3.8) is 0 Å². The molecule has 0 saturated carbocycles. The topological polar surface area (TPSA) is 81.9 Å². The molecule has 1 amide bonds. The lowest BCUT2D eigenvalue weighted by atomic mass is 10.1. The zero-order chi connectivity index (χ0) is 24.9. The van der Waals surface area contributed by atoms with Gasteiger partial charge in [0.05, 0.1) is 11.4 Å². The number of aromatic nitrogens is 4. The number of carbonyl (C=O) groups is 1. The molecule has 10 heteroatoms. The second kappa shape index (κ2) is 11.0. The summed E-state index contributed by atoms with van der Waals surface area (Å²) in [5.41, 5.74) is 1.89. The number of aryl methyl sites for hydroxylation is 1. The molecule has 182 valence electrons. The van der Waals surface area contributed by atoms with Crippen LogP contribution in [0.4, 0.5) is 9.52 Å². The van der Waals surface area contributed by atoms with E-state index in [1.54, 1.807) is 12.1 Å². The van der Waals surface area contributed by atoms with Gasteiger partial charge in [0, 0.05) is 16.5 Å². The Morgan fingerprint density at radius 2 is 1.83 bits per heavy atom. The third-order valence-corrected chi connectivity index (χ3v) is 6.95. The molecule has 1 unspecified atom stereocenters. The van der Waals surface area contributed by atoms with Crippen molar-refractivity contribution in [1.82, 2.24) is 19.7 Å². The number of thioether (sulfide) groups is 1. The Morgan fingerprint density at radius 1 is 1.11 bits per heavy atom. The van der Waals surface area contributed by atoms with Gasteiger partial charge in [-0.15, -0.1) is 21.5 Å². The summed E-state index contributed by atoms with van der Waals surface area (Å²) in [5, 5.41) is 12.7. The lowest BCUT2D eigenvalue weighted by molar-refractivity contribution is -0.113. The average Bonchev–Trinajstić information content (AvgIpc) is 3.43. The molecule has 1 atom stereocenters. The van der Waals surface area contributed by atoms with Crippen molar-refractivity contribution in [2.24, 2.45) is 0 Å². The van der Waals surface area contributed by atoms with Gasteiger partial charge < -0.3 is 14.6 Å². The fourth-order valence-electron chi connectivity index (χ4n) is 3.52. The normalized spacial score (nSPS) is 12.1. The molecule has 0 saturated heterocycles. The Labute approximate surface area is 211 Å². The number of rotatable bonds is 9. The molecule has 2 heterocycles. The number of carbonyl (C=O) groups excluding carboxylic acids is 1. The summed E-state index contributed by atoms with van der Waals surface area (Å²) in [6.45, 7) is 7.89. The second-order valence-electron chi connectivity index (χ2n) is 8.15. The average molecular weight is 512 g/mol. The monoisotopic (exact) mass is 511 g/mol. The van der Waals surface area contributed by atoms with Crippen molar-refractivity contribution >= 4 is 34.1 Å². The van der Waals surface area contributed by atoms with Crippen molar-refractivity contribution in [3.05, 3.63) is 71.1 Å². The number of thiazole rings is 1. The van der Waals surface area contributed by atoms with E-state index in [0.29, 0.717) is 21.9 Å². The van der Waals surface area contributed by atoms with Crippen LogP contribution in [0.25, 0.3) is 11.3 Å². The van der Waals surface area contributed by atoms with Crippen LogP contribution in [0.2, 0.25) is 0 Å². The predicted molar refractivity (Wildman–Crippen MR) is 137 cm³/mol. The second-order valence-corrected chi connectivity index (χ2v) is 10.3. The minimum Gasteiger partial charge on any atom is -0.483 e. The highest BCUT2D eigenvalue weighted by molar-refractivity contribution is 7.99. The standard InChI is InChI=1S/C25H26FN5O2S2/c1-15(2)31-23(16(3)33-20-12-10-19(26)11-13-20)29-30-25(31)34-14-21(32)27-24-28-22(17(4)35-24)18-8-6-5-7-9-18/h5-13,15-16H,14H2,1-4H3,(H,27,28,32).